The van der Waals surface area contributed by atoms with Crippen molar-refractivity contribution < 1.29 is 4.79 Å². The Hall–Kier alpha value is -2.77. The zero-order valence-corrected chi connectivity index (χ0v) is 12.9. The van der Waals surface area contributed by atoms with Gasteiger partial charge in [0.05, 0.1) is 5.69 Å². The molecule has 0 bridgehead atoms. The Labute approximate surface area is 131 Å². The van der Waals surface area contributed by atoms with Gasteiger partial charge in [0.1, 0.15) is 6.04 Å². The van der Waals surface area contributed by atoms with Gasteiger partial charge in [-0.1, -0.05) is 0 Å². The summed E-state index contributed by atoms with van der Waals surface area (Å²) in [7, 11) is 0. The highest BCUT2D eigenvalue weighted by Gasteiger charge is 2.22. The summed E-state index contributed by atoms with van der Waals surface area (Å²) < 4.78 is 1.17. The molecule has 3 rings (SSSR count). The second-order valence-electron chi connectivity index (χ2n) is 5.65. The molecule has 1 aliphatic rings. The molecule has 1 amide bonds. The molecular formula is C15H17N5O3. The fraction of sp³-hybridized carbons (Fsp3) is 0.400. The first-order chi connectivity index (χ1) is 10.9. The van der Waals surface area contributed by atoms with Crippen LogP contribution in [0.15, 0.2) is 21.7 Å². The predicted octanol–water partition coefficient (Wildman–Crippen LogP) is 0.323. The number of amides is 1. The molecule has 1 atom stereocenters. The van der Waals surface area contributed by atoms with Crippen LogP contribution in [0.3, 0.4) is 0 Å². The average Bonchev–Trinajstić information content (AvgIpc) is 2.91. The standard InChI is InChI=1S/C15H17N5O3/c1-8-6-12(21)17-15(16-8)18-14(23)9(2)20-13(22)7-10-4-3-5-11(10)19-20/h6-7,9H,3-5H2,1-2H3,(H2,16,17,18,21,23). The van der Waals surface area contributed by atoms with Crippen molar-refractivity contribution >= 4 is 11.9 Å². The molecule has 23 heavy (non-hydrogen) atoms. The molecule has 0 saturated carbocycles. The number of rotatable bonds is 3. The molecule has 0 radical (unpaired) electrons. The number of carbonyl (C=O) groups excluding carboxylic acids is 1. The van der Waals surface area contributed by atoms with Crippen LogP contribution in [0.4, 0.5) is 5.95 Å². The lowest BCUT2D eigenvalue weighted by atomic mass is 10.2. The van der Waals surface area contributed by atoms with E-state index in [-0.39, 0.29) is 17.1 Å². The Balaban J connectivity index is 1.85. The largest absolute Gasteiger partial charge is 0.294 e. The van der Waals surface area contributed by atoms with Gasteiger partial charge in [0.2, 0.25) is 5.95 Å². The number of nitrogens with one attached hydrogen (secondary N) is 2. The van der Waals surface area contributed by atoms with Gasteiger partial charge in [0.25, 0.3) is 17.0 Å². The number of carbonyl (C=O) groups is 1. The van der Waals surface area contributed by atoms with E-state index in [4.69, 9.17) is 0 Å². The van der Waals surface area contributed by atoms with E-state index >= 15 is 0 Å². The lowest BCUT2D eigenvalue weighted by Gasteiger charge is -2.14. The molecule has 0 aromatic carbocycles. The molecule has 8 nitrogen and oxygen atoms in total. The van der Waals surface area contributed by atoms with Crippen molar-refractivity contribution in [3.8, 4) is 0 Å². The first-order valence-electron chi connectivity index (χ1n) is 7.44. The number of aromatic nitrogens is 4. The van der Waals surface area contributed by atoms with Gasteiger partial charge in [-0.25, -0.2) is 9.67 Å². The molecule has 2 heterocycles. The zero-order valence-electron chi connectivity index (χ0n) is 12.9. The molecule has 1 unspecified atom stereocenters. The maximum atomic E-state index is 12.3. The third kappa shape index (κ3) is 3.05. The summed E-state index contributed by atoms with van der Waals surface area (Å²) in [5.74, 6) is -0.410. The Morgan fingerprint density at radius 1 is 1.35 bits per heavy atom. The van der Waals surface area contributed by atoms with Crippen molar-refractivity contribution in [2.45, 2.75) is 39.2 Å². The summed E-state index contributed by atoms with van der Waals surface area (Å²) in [5, 5.41) is 6.81. The van der Waals surface area contributed by atoms with Crippen molar-refractivity contribution in [2.75, 3.05) is 5.32 Å². The second kappa shape index (κ2) is 5.79. The molecule has 1 aliphatic carbocycles. The Morgan fingerprint density at radius 2 is 2.13 bits per heavy atom. The molecule has 8 heteroatoms. The number of aryl methyl sites for hydroxylation is 3. The molecule has 2 N–H and O–H groups in total. The monoisotopic (exact) mass is 315 g/mol. The van der Waals surface area contributed by atoms with Crippen LogP contribution >= 0.6 is 0 Å². The van der Waals surface area contributed by atoms with Gasteiger partial charge in [-0.3, -0.25) is 24.7 Å². The maximum Gasteiger partial charge on any atom is 0.267 e. The minimum absolute atomic E-state index is 0.0565. The van der Waals surface area contributed by atoms with Crippen LogP contribution in [0.1, 0.15) is 36.3 Å². The minimum Gasteiger partial charge on any atom is -0.294 e. The summed E-state index contributed by atoms with van der Waals surface area (Å²) in [6.45, 7) is 3.24. The molecular weight excluding hydrogens is 298 g/mol. The normalized spacial score (nSPS) is 14.3. The van der Waals surface area contributed by atoms with Crippen LogP contribution in [0, 0.1) is 6.92 Å². The van der Waals surface area contributed by atoms with E-state index in [1.807, 2.05) is 0 Å². The quantitative estimate of drug-likeness (QED) is 0.848. The number of hydrogen-bond donors (Lipinski definition) is 2. The van der Waals surface area contributed by atoms with Crippen molar-refractivity contribution in [3.05, 3.63) is 49.8 Å². The number of aromatic amines is 1. The Morgan fingerprint density at radius 3 is 2.87 bits per heavy atom. The summed E-state index contributed by atoms with van der Waals surface area (Å²) in [4.78, 5) is 42.3. The fourth-order valence-corrected chi connectivity index (χ4v) is 2.66. The lowest BCUT2D eigenvalue weighted by molar-refractivity contribution is -0.119. The zero-order chi connectivity index (χ0) is 16.6. The van der Waals surface area contributed by atoms with E-state index in [0.29, 0.717) is 5.69 Å². The number of anilines is 1. The van der Waals surface area contributed by atoms with Gasteiger partial charge in [0, 0.05) is 17.8 Å². The highest BCUT2D eigenvalue weighted by atomic mass is 16.2. The van der Waals surface area contributed by atoms with Gasteiger partial charge in [-0.15, -0.1) is 0 Å². The van der Waals surface area contributed by atoms with E-state index in [0.717, 1.165) is 30.5 Å². The fourth-order valence-electron chi connectivity index (χ4n) is 2.66. The van der Waals surface area contributed by atoms with Gasteiger partial charge < -0.3 is 0 Å². The van der Waals surface area contributed by atoms with E-state index < -0.39 is 11.9 Å². The smallest absolute Gasteiger partial charge is 0.267 e. The summed E-state index contributed by atoms with van der Waals surface area (Å²) >= 11 is 0. The van der Waals surface area contributed by atoms with Crippen molar-refractivity contribution in [1.29, 1.82) is 0 Å². The van der Waals surface area contributed by atoms with Crippen molar-refractivity contribution in [1.82, 2.24) is 19.7 Å². The molecule has 0 saturated heterocycles. The number of H-pyrrole nitrogens is 1. The van der Waals surface area contributed by atoms with Crippen molar-refractivity contribution in [3.63, 3.8) is 0 Å². The average molecular weight is 315 g/mol. The van der Waals surface area contributed by atoms with Gasteiger partial charge in [0.15, 0.2) is 0 Å². The SMILES string of the molecule is Cc1cc(=O)[nH]c(NC(=O)C(C)n2nc3c(cc2=O)CCC3)n1. The lowest BCUT2D eigenvalue weighted by Crippen LogP contribution is -2.34. The van der Waals surface area contributed by atoms with E-state index in [9.17, 15) is 14.4 Å². The number of nitrogens with zero attached hydrogens (tertiary/aromatic N) is 3. The molecule has 2 aromatic rings. The highest BCUT2D eigenvalue weighted by molar-refractivity contribution is 5.91. The van der Waals surface area contributed by atoms with Gasteiger partial charge >= 0.3 is 0 Å². The Bertz CT molecular complexity index is 883. The molecule has 0 fully saturated rings. The van der Waals surface area contributed by atoms with Crippen LogP contribution in [-0.4, -0.2) is 25.7 Å². The van der Waals surface area contributed by atoms with Gasteiger partial charge in [-0.05, 0) is 38.7 Å². The summed E-state index contributed by atoms with van der Waals surface area (Å²) in [6, 6.07) is 2.07. The first-order valence-corrected chi connectivity index (χ1v) is 7.44. The molecule has 120 valence electrons. The molecule has 2 aromatic heterocycles. The predicted molar refractivity (Wildman–Crippen MR) is 83.5 cm³/mol. The third-order valence-electron chi connectivity index (χ3n) is 3.84. The van der Waals surface area contributed by atoms with Gasteiger partial charge in [-0.2, -0.15) is 5.10 Å². The van der Waals surface area contributed by atoms with Crippen LogP contribution in [0.25, 0.3) is 0 Å². The topological polar surface area (TPSA) is 110 Å². The van der Waals surface area contributed by atoms with Crippen LogP contribution in [0.5, 0.6) is 0 Å². The van der Waals surface area contributed by atoms with Crippen LogP contribution < -0.4 is 16.4 Å². The Kier molecular flexibility index (Phi) is 3.81. The molecule has 0 spiro atoms. The minimum atomic E-state index is -0.806. The van der Waals surface area contributed by atoms with Crippen LogP contribution in [-0.2, 0) is 17.6 Å². The summed E-state index contributed by atoms with van der Waals surface area (Å²) in [5.41, 5.74) is 1.66. The highest BCUT2D eigenvalue weighted by Crippen LogP contribution is 2.18. The number of fused-ring (bicyclic) bond motifs is 1. The van der Waals surface area contributed by atoms with E-state index in [2.05, 4.69) is 20.4 Å². The van der Waals surface area contributed by atoms with Crippen LogP contribution in [0.2, 0.25) is 0 Å². The van der Waals surface area contributed by atoms with E-state index in [1.54, 1.807) is 19.9 Å². The summed E-state index contributed by atoms with van der Waals surface area (Å²) in [6.07, 6.45) is 2.64. The second-order valence-corrected chi connectivity index (χ2v) is 5.65. The maximum absolute atomic E-state index is 12.3. The number of hydrogen-bond acceptors (Lipinski definition) is 5. The third-order valence-corrected chi connectivity index (χ3v) is 3.84. The van der Waals surface area contributed by atoms with E-state index in [1.165, 1.54) is 10.7 Å². The molecule has 0 aliphatic heterocycles. The van der Waals surface area contributed by atoms with Crippen molar-refractivity contribution in [2.24, 2.45) is 0 Å². The first kappa shape index (κ1) is 15.1.